The van der Waals surface area contributed by atoms with Crippen LogP contribution in [-0.2, 0) is 19.3 Å². The fourth-order valence-corrected chi connectivity index (χ4v) is 3.27. The van der Waals surface area contributed by atoms with Gasteiger partial charge in [-0.1, -0.05) is 25.1 Å². The molecule has 2 aromatic rings. The minimum atomic E-state index is -0.251. The Bertz CT molecular complexity index is 766. The second-order valence-electron chi connectivity index (χ2n) is 6.29. The SMILES string of the molecule is CCc1ccc(NC(=O)c2ccc3c(c2C=O)CCC(N)C3)cc1. The van der Waals surface area contributed by atoms with Crippen molar-refractivity contribution in [2.45, 2.75) is 38.6 Å². The van der Waals surface area contributed by atoms with Crippen molar-refractivity contribution in [3.05, 3.63) is 64.2 Å². The first-order valence-electron chi connectivity index (χ1n) is 8.38. The van der Waals surface area contributed by atoms with Crippen molar-refractivity contribution in [2.24, 2.45) is 5.73 Å². The number of nitrogens with two attached hydrogens (primary N) is 1. The van der Waals surface area contributed by atoms with Gasteiger partial charge in [0.25, 0.3) is 5.91 Å². The maximum absolute atomic E-state index is 12.6. The highest BCUT2D eigenvalue weighted by molar-refractivity contribution is 6.09. The molecule has 0 saturated heterocycles. The van der Waals surface area contributed by atoms with Gasteiger partial charge < -0.3 is 11.1 Å². The lowest BCUT2D eigenvalue weighted by molar-refractivity contribution is 0.101. The summed E-state index contributed by atoms with van der Waals surface area (Å²) in [7, 11) is 0. The molecule has 0 bridgehead atoms. The Balaban J connectivity index is 1.88. The summed E-state index contributed by atoms with van der Waals surface area (Å²) in [4.78, 5) is 24.2. The van der Waals surface area contributed by atoms with Crippen molar-refractivity contribution in [1.29, 1.82) is 0 Å². The molecule has 4 heteroatoms. The predicted molar refractivity (Wildman–Crippen MR) is 95.6 cm³/mol. The van der Waals surface area contributed by atoms with Crippen LogP contribution < -0.4 is 11.1 Å². The molecular formula is C20H22N2O2. The number of hydrogen-bond acceptors (Lipinski definition) is 3. The van der Waals surface area contributed by atoms with Gasteiger partial charge in [-0.2, -0.15) is 0 Å². The number of hydrogen-bond donors (Lipinski definition) is 2. The summed E-state index contributed by atoms with van der Waals surface area (Å²) in [6.07, 6.45) is 4.10. The maximum atomic E-state index is 12.6. The summed E-state index contributed by atoms with van der Waals surface area (Å²) < 4.78 is 0. The van der Waals surface area contributed by atoms with Gasteiger partial charge in [0.15, 0.2) is 6.29 Å². The predicted octanol–water partition coefficient (Wildman–Crippen LogP) is 3.13. The first-order valence-corrected chi connectivity index (χ1v) is 8.38. The number of aryl methyl sites for hydroxylation is 1. The van der Waals surface area contributed by atoms with Crippen molar-refractivity contribution in [3.63, 3.8) is 0 Å². The fourth-order valence-electron chi connectivity index (χ4n) is 3.27. The number of fused-ring (bicyclic) bond motifs is 1. The van der Waals surface area contributed by atoms with Crippen molar-refractivity contribution in [1.82, 2.24) is 0 Å². The third-order valence-electron chi connectivity index (χ3n) is 4.68. The van der Waals surface area contributed by atoms with Crippen molar-refractivity contribution in [2.75, 3.05) is 5.32 Å². The summed E-state index contributed by atoms with van der Waals surface area (Å²) in [5.41, 5.74) is 10.9. The summed E-state index contributed by atoms with van der Waals surface area (Å²) >= 11 is 0. The summed E-state index contributed by atoms with van der Waals surface area (Å²) in [5, 5.41) is 2.88. The molecule has 0 aromatic heterocycles. The van der Waals surface area contributed by atoms with E-state index in [9.17, 15) is 9.59 Å². The molecular weight excluding hydrogens is 300 g/mol. The second-order valence-corrected chi connectivity index (χ2v) is 6.29. The van der Waals surface area contributed by atoms with Crippen LogP contribution in [0.25, 0.3) is 0 Å². The Morgan fingerprint density at radius 2 is 2.00 bits per heavy atom. The topological polar surface area (TPSA) is 72.2 Å². The lowest BCUT2D eigenvalue weighted by Crippen LogP contribution is -2.29. The van der Waals surface area contributed by atoms with Gasteiger partial charge in [-0.05, 0) is 60.6 Å². The third kappa shape index (κ3) is 3.24. The minimum absolute atomic E-state index is 0.133. The van der Waals surface area contributed by atoms with Crippen LogP contribution in [0, 0.1) is 0 Å². The van der Waals surface area contributed by atoms with Crippen LogP contribution in [0.5, 0.6) is 0 Å². The van der Waals surface area contributed by atoms with Gasteiger partial charge >= 0.3 is 0 Å². The molecule has 0 radical (unpaired) electrons. The van der Waals surface area contributed by atoms with Crippen molar-refractivity contribution in [3.8, 4) is 0 Å². The van der Waals surface area contributed by atoms with Crippen LogP contribution in [-0.4, -0.2) is 18.2 Å². The molecule has 3 rings (SSSR count). The second kappa shape index (κ2) is 6.97. The molecule has 2 aromatic carbocycles. The monoisotopic (exact) mass is 322 g/mol. The largest absolute Gasteiger partial charge is 0.327 e. The highest BCUT2D eigenvalue weighted by atomic mass is 16.1. The minimum Gasteiger partial charge on any atom is -0.327 e. The van der Waals surface area contributed by atoms with E-state index in [2.05, 4.69) is 12.2 Å². The lowest BCUT2D eigenvalue weighted by Gasteiger charge is -2.23. The van der Waals surface area contributed by atoms with Gasteiger partial charge in [0.05, 0.1) is 5.56 Å². The Kier molecular flexibility index (Phi) is 4.76. The average molecular weight is 322 g/mol. The van der Waals surface area contributed by atoms with E-state index < -0.39 is 0 Å². The molecule has 24 heavy (non-hydrogen) atoms. The first kappa shape index (κ1) is 16.4. The van der Waals surface area contributed by atoms with Gasteiger partial charge in [0.2, 0.25) is 0 Å². The molecule has 3 N–H and O–H groups in total. The van der Waals surface area contributed by atoms with Crippen LogP contribution in [0.3, 0.4) is 0 Å². The maximum Gasteiger partial charge on any atom is 0.256 e. The number of aldehydes is 1. The van der Waals surface area contributed by atoms with E-state index in [0.29, 0.717) is 11.1 Å². The number of benzene rings is 2. The number of anilines is 1. The molecule has 1 unspecified atom stereocenters. The highest BCUT2D eigenvalue weighted by Gasteiger charge is 2.22. The molecule has 1 atom stereocenters. The molecule has 0 fully saturated rings. The van der Waals surface area contributed by atoms with Crippen molar-refractivity contribution < 1.29 is 9.59 Å². The van der Waals surface area contributed by atoms with Crippen LogP contribution in [0.2, 0.25) is 0 Å². The number of rotatable bonds is 4. The Morgan fingerprint density at radius 1 is 1.25 bits per heavy atom. The average Bonchev–Trinajstić information content (AvgIpc) is 2.61. The van der Waals surface area contributed by atoms with E-state index >= 15 is 0 Å². The first-order chi connectivity index (χ1) is 11.6. The zero-order valence-electron chi connectivity index (χ0n) is 13.8. The van der Waals surface area contributed by atoms with Crippen LogP contribution in [0.15, 0.2) is 36.4 Å². The Hall–Kier alpha value is -2.46. The Morgan fingerprint density at radius 3 is 2.67 bits per heavy atom. The van der Waals surface area contributed by atoms with Crippen molar-refractivity contribution >= 4 is 17.9 Å². The van der Waals surface area contributed by atoms with Crippen LogP contribution in [0.1, 0.15) is 50.8 Å². The van der Waals surface area contributed by atoms with Gasteiger partial charge in [0, 0.05) is 17.3 Å². The summed E-state index contributed by atoms with van der Waals surface area (Å²) in [6, 6.07) is 11.5. The van der Waals surface area contributed by atoms with Gasteiger partial charge in [-0.25, -0.2) is 0 Å². The number of carbonyl (C=O) groups excluding carboxylic acids is 2. The van der Waals surface area contributed by atoms with Gasteiger partial charge in [-0.3, -0.25) is 9.59 Å². The van der Waals surface area contributed by atoms with E-state index in [4.69, 9.17) is 5.73 Å². The standard InChI is InChI=1S/C20H22N2O2/c1-2-13-3-7-16(8-4-13)22-20(24)18-9-5-14-11-15(21)6-10-17(14)19(18)12-23/h3-5,7-9,12,15H,2,6,10-11,21H2,1H3,(H,22,24). The summed E-state index contributed by atoms with van der Waals surface area (Å²) in [6.45, 7) is 2.09. The molecule has 0 spiro atoms. The zero-order valence-corrected chi connectivity index (χ0v) is 13.8. The molecule has 1 aliphatic rings. The van der Waals surface area contributed by atoms with E-state index in [0.717, 1.165) is 48.8 Å². The molecule has 4 nitrogen and oxygen atoms in total. The fraction of sp³-hybridized carbons (Fsp3) is 0.300. The molecule has 0 aliphatic heterocycles. The normalized spacial score (nSPS) is 16.3. The zero-order chi connectivity index (χ0) is 17.1. The smallest absolute Gasteiger partial charge is 0.256 e. The molecule has 0 heterocycles. The van der Waals surface area contributed by atoms with Gasteiger partial charge in [0.1, 0.15) is 0 Å². The molecule has 1 aliphatic carbocycles. The number of amides is 1. The summed E-state index contributed by atoms with van der Waals surface area (Å²) in [5.74, 6) is -0.251. The number of carbonyl (C=O) groups is 2. The molecule has 1 amide bonds. The van der Waals surface area contributed by atoms with E-state index in [-0.39, 0.29) is 11.9 Å². The quantitative estimate of drug-likeness (QED) is 0.850. The van der Waals surface area contributed by atoms with E-state index in [1.807, 2.05) is 30.3 Å². The Labute approximate surface area is 142 Å². The van der Waals surface area contributed by atoms with Crippen LogP contribution >= 0.6 is 0 Å². The van der Waals surface area contributed by atoms with E-state index in [1.165, 1.54) is 5.56 Å². The highest BCUT2D eigenvalue weighted by Crippen LogP contribution is 2.26. The third-order valence-corrected chi connectivity index (χ3v) is 4.68. The molecule has 0 saturated carbocycles. The molecule has 124 valence electrons. The van der Waals surface area contributed by atoms with Gasteiger partial charge in [-0.15, -0.1) is 0 Å². The lowest BCUT2D eigenvalue weighted by atomic mass is 9.84. The van der Waals surface area contributed by atoms with E-state index in [1.54, 1.807) is 6.07 Å². The van der Waals surface area contributed by atoms with Crippen LogP contribution in [0.4, 0.5) is 5.69 Å². The number of nitrogens with one attached hydrogen (secondary N) is 1.